The Labute approximate surface area is 875 Å². The van der Waals surface area contributed by atoms with Crippen LogP contribution in [0.15, 0.2) is 48.5 Å². The summed E-state index contributed by atoms with van der Waals surface area (Å²) in [5.74, 6) is -16.6. The van der Waals surface area contributed by atoms with Crippen molar-refractivity contribution < 1.29 is 149 Å². The number of aromatic hydroxyl groups is 2. The molecule has 6 aliphatic heterocycles. The average molecular weight is 2130 g/mol. The van der Waals surface area contributed by atoms with Crippen LogP contribution in [0.1, 0.15) is 259 Å². The number of benzene rings is 2. The maximum Gasteiger partial charge on any atom is 0.248 e. The summed E-state index contributed by atoms with van der Waals surface area (Å²) in [4.78, 5) is 215. The molecule has 6 heterocycles. The maximum absolute atomic E-state index is 16.1. The van der Waals surface area contributed by atoms with E-state index in [-0.39, 0.29) is 55.0 Å². The highest BCUT2D eigenvalue weighted by Gasteiger charge is 2.53. The molecule has 32 N–H and O–H groups in total. The first kappa shape index (κ1) is 125. The first-order chi connectivity index (χ1) is 71.1. The Hall–Kier alpha value is -10.1. The Morgan fingerprint density at radius 3 is 1.05 bits per heavy atom. The van der Waals surface area contributed by atoms with E-state index in [1.165, 1.54) is 0 Å². The highest BCUT2D eigenvalue weighted by molar-refractivity contribution is 6.01. The van der Waals surface area contributed by atoms with Gasteiger partial charge in [-0.05, 0) is 137 Å². The fraction of sp³-hybridized carbons (Fsp3) is 0.745. The van der Waals surface area contributed by atoms with Crippen LogP contribution < -0.4 is 75.3 Å². The molecule has 0 bridgehead atoms. The molecule has 6 aliphatic rings. The largest absolute Gasteiger partial charge is 0.508 e. The number of rotatable bonds is 45. The van der Waals surface area contributed by atoms with Gasteiger partial charge in [0, 0.05) is 77.8 Å². The molecule has 6 fully saturated rings. The molecule has 48 heteroatoms. The van der Waals surface area contributed by atoms with Gasteiger partial charge in [-0.3, -0.25) is 77.8 Å². The van der Waals surface area contributed by atoms with Gasteiger partial charge in [-0.25, -0.2) is 0 Å². The third kappa shape index (κ3) is 36.3. The molecule has 0 spiro atoms. The van der Waals surface area contributed by atoms with E-state index in [4.69, 9.17) is 11.5 Å². The normalized spacial score (nSPS) is 29.2. The number of carbonyl (C=O) groups excluding carboxylic acids is 14. The monoisotopic (exact) mass is 2130 g/mol. The van der Waals surface area contributed by atoms with Crippen LogP contribution in [0.3, 0.4) is 0 Å². The molecule has 14 amide bonds. The summed E-state index contributed by atoms with van der Waals surface area (Å²) in [6.07, 6.45) is -23.9. The molecule has 2 aromatic rings. The lowest BCUT2D eigenvalue weighted by molar-refractivity contribution is -0.148. The van der Waals surface area contributed by atoms with Gasteiger partial charge in [-0.15, -0.1) is 0 Å². The summed E-state index contributed by atoms with van der Waals surface area (Å²) < 4.78 is 0. The van der Waals surface area contributed by atoms with Gasteiger partial charge in [0.2, 0.25) is 82.7 Å². The van der Waals surface area contributed by atoms with Crippen molar-refractivity contribution in [2.75, 3.05) is 52.4 Å². The van der Waals surface area contributed by atoms with Crippen molar-refractivity contribution in [2.45, 2.75) is 405 Å². The second kappa shape index (κ2) is 61.1. The predicted molar refractivity (Wildman–Crippen MR) is 542 cm³/mol. The van der Waals surface area contributed by atoms with Gasteiger partial charge in [-0.1, -0.05) is 156 Å². The van der Waals surface area contributed by atoms with Crippen molar-refractivity contribution in [3.05, 3.63) is 59.7 Å². The highest BCUT2D eigenvalue weighted by Crippen LogP contribution is 2.33. The number of nitrogens with two attached hydrogens (primary N) is 2. The number of nitrogens with zero attached hydrogens (tertiary/aromatic N) is 4. The maximum atomic E-state index is 16.1. The number of hydrogen-bond donors (Lipinski definition) is 30. The van der Waals surface area contributed by atoms with Gasteiger partial charge in [0.05, 0.1) is 61.0 Å². The molecule has 48 nitrogen and oxygen atoms in total. The van der Waals surface area contributed by atoms with Crippen molar-refractivity contribution >= 4 is 82.7 Å². The minimum Gasteiger partial charge on any atom is -0.508 e. The van der Waals surface area contributed by atoms with Crippen LogP contribution in [-0.2, 0) is 67.1 Å². The minimum atomic E-state index is -2.60. The molecule has 1 unspecified atom stereocenters. The van der Waals surface area contributed by atoms with Crippen LogP contribution >= 0.6 is 0 Å². The topological polar surface area (TPSA) is 772 Å². The van der Waals surface area contributed by atoms with E-state index in [0.717, 1.165) is 146 Å². The van der Waals surface area contributed by atoms with Gasteiger partial charge < -0.3 is 166 Å². The zero-order valence-corrected chi connectivity index (χ0v) is 87.4. The lowest BCUT2D eigenvalue weighted by Crippen LogP contribution is -2.65. The zero-order chi connectivity index (χ0) is 111. The fourth-order valence-corrected chi connectivity index (χ4v) is 20.5. The predicted octanol–water partition coefficient (Wildman–Crippen LogP) is -5.53. The van der Waals surface area contributed by atoms with E-state index in [0.29, 0.717) is 69.0 Å². The van der Waals surface area contributed by atoms with Crippen molar-refractivity contribution in [3.8, 4) is 11.5 Å². The third-order valence-electron chi connectivity index (χ3n) is 29.6. The van der Waals surface area contributed by atoms with E-state index in [1.54, 1.807) is 0 Å². The number of fused-ring (bicyclic) bond motifs is 4. The second-order valence-electron chi connectivity index (χ2n) is 42.0. The Morgan fingerprint density at radius 1 is 0.367 bits per heavy atom. The van der Waals surface area contributed by atoms with Crippen LogP contribution in [0.2, 0.25) is 0 Å². The molecule has 2 aromatic carbocycles. The van der Waals surface area contributed by atoms with E-state index in [9.17, 15) is 101 Å². The summed E-state index contributed by atoms with van der Waals surface area (Å²) in [5, 5.41) is 219. The van der Waals surface area contributed by atoms with Crippen molar-refractivity contribution in [1.29, 1.82) is 0 Å². The quantitative estimate of drug-likeness (QED) is 0.0275. The van der Waals surface area contributed by atoms with Gasteiger partial charge in [0.15, 0.2) is 0 Å². The number of hydrogen-bond acceptors (Lipinski definition) is 34. The summed E-state index contributed by atoms with van der Waals surface area (Å²) in [7, 11) is 0. The molecular formula is C102H168N18O30. The Bertz CT molecular complexity index is 4670. The van der Waals surface area contributed by atoms with Crippen molar-refractivity contribution in [1.82, 2.24) is 83.4 Å². The molecule has 846 valence electrons. The summed E-state index contributed by atoms with van der Waals surface area (Å²) in [6, 6.07) is -17.2. The number of phenolic OH excluding ortho intramolecular Hbond substituents is 2. The number of phenols is 2. The second-order valence-corrected chi connectivity index (χ2v) is 42.0. The lowest BCUT2D eigenvalue weighted by atomic mass is 9.91. The van der Waals surface area contributed by atoms with Gasteiger partial charge in [0.1, 0.15) is 121 Å². The Morgan fingerprint density at radius 2 is 0.700 bits per heavy atom. The fourth-order valence-electron chi connectivity index (χ4n) is 20.5. The molecular weight excluding hydrogens is 1960 g/mol. The van der Waals surface area contributed by atoms with E-state index >= 15 is 47.9 Å². The molecule has 150 heavy (non-hydrogen) atoms. The number of carbonyl (C=O) groups is 14. The molecule has 0 radical (unpaired) electrons. The molecule has 32 atom stereocenters. The SMILES string of the molecule is CC[C@H](C)C[C@H](C)CCCCCCCCC(=O)N[C@H]1C[C@@H](O)[C@@H](NCCN)NC(=O)[C@@H]2[C@@H](O)CCN2C(=O)C([C@H](O)CCN[C@H]2NC(=O)[C@@H]3[C@@H](O)CCN3C(=O)[C@H]([C@H](O)CCN)NC(=O)[C@H]([C@H](O)[C@@H](O)c3ccc(O)cc3)NC(=O)[C@@H]3C[C@@H](O)CN3C(=O)[C@H]([C@@H](C)O)NC(=O)[C@@H](NC(=O)CCCCCCCC[C@@H](C)C[C@@H](C)CC)C[C@H]2O)NC(=O)[C@H]([C@H](O)[C@@H](O)c2ccc(O)cc2)NC(=O)[C@@H]2C[C@@H](O)CN2C(=O)[C@H]([C@@H](C)O)NC1=O. The van der Waals surface area contributed by atoms with Gasteiger partial charge in [0.25, 0.3) is 0 Å². The summed E-state index contributed by atoms with van der Waals surface area (Å²) in [5.41, 5.74) is 11.5. The third-order valence-corrected chi connectivity index (χ3v) is 29.6. The number of aliphatic hydroxyl groups excluding tert-OH is 14. The van der Waals surface area contributed by atoms with Gasteiger partial charge in [-0.2, -0.15) is 0 Å². The molecule has 0 saturated carbocycles. The highest BCUT2D eigenvalue weighted by atomic mass is 16.3. The Balaban J connectivity index is 1.22. The van der Waals surface area contributed by atoms with Crippen LogP contribution in [0, 0.1) is 23.7 Å². The summed E-state index contributed by atoms with van der Waals surface area (Å²) in [6.45, 7) is 10.9. The number of amides is 14. The first-order valence-electron chi connectivity index (χ1n) is 53.4. The van der Waals surface area contributed by atoms with Crippen LogP contribution in [0.5, 0.6) is 11.5 Å². The van der Waals surface area contributed by atoms with Crippen LogP contribution in [0.25, 0.3) is 0 Å². The average Bonchev–Trinajstić information content (AvgIpc) is 1.61. The van der Waals surface area contributed by atoms with Crippen LogP contribution in [0.4, 0.5) is 0 Å². The molecule has 0 aliphatic carbocycles. The Kier molecular flexibility index (Phi) is 51.0. The van der Waals surface area contributed by atoms with E-state index < -0.39 is 344 Å². The van der Waals surface area contributed by atoms with Crippen molar-refractivity contribution in [3.63, 3.8) is 0 Å². The van der Waals surface area contributed by atoms with Gasteiger partial charge >= 0.3 is 0 Å². The number of nitrogens with one attached hydrogen (secondary N) is 12. The lowest BCUT2D eigenvalue weighted by Gasteiger charge is -2.35. The standard InChI is InChI=1S/C102H168N18O30/c1-9-53(3)45-55(5)23-19-15-11-13-17-21-25-75(133)107-65-49-73(131)89(115-97(145)83-71(129)37-43-117(83)101(149)79(69(127)35-39-103)111-95(143)81(87(137)85(135)59-27-31-61(123)32-28-59)113-93(141)67-47-63(125)51-119(67)99(147)77(57(7)121)109-91(65)139)105-41-36-70(128)80-102(150)118-44-38-72(130)84(118)98(146)116-90(106-42-40-104)74(132)50-66(108-76(134)26-22-18-14-12-16-20-24-56(6)46-54(4)10-2)92(140)110-78(58(8)122)100(148)120-52-64(126)48-68(120)94(142)114-82(96(144)112-80)88(138)86(136)60-29-33-62(124)34-30-60/h27-34,53-58,63-74,77-90,105-106,121-132,135-138H,9-26,35-52,103-104H2,1-8H3,(H,107,133)(H,108,134)(H,109,139)(H,110,140)(H,111,143)(H,112,144)(H,113,141)(H,114,142)(H,115,145)(H,116,146)/t53-,54-,55+,56+,57+,58+,63+,64+,65-,66-,67-,68-,69+,70+,71-,72-,73+,74+,77-,78-,79-,80?,81-,82-,83-,84-,85-,86-,87-,88-,89-,90-/m0/s1. The first-order valence-corrected chi connectivity index (χ1v) is 53.4. The summed E-state index contributed by atoms with van der Waals surface area (Å²) >= 11 is 0. The molecule has 6 saturated heterocycles. The molecule has 0 aromatic heterocycles. The number of aliphatic hydroxyl groups is 14. The number of unbranched alkanes of at least 4 members (excludes halogenated alkanes) is 10. The van der Waals surface area contributed by atoms with Crippen LogP contribution in [-0.4, -0.2) is 394 Å². The minimum absolute atomic E-state index is 0.154. The van der Waals surface area contributed by atoms with E-state index in [2.05, 4.69) is 105 Å². The zero-order valence-electron chi connectivity index (χ0n) is 87.4. The van der Waals surface area contributed by atoms with E-state index in [1.807, 2.05) is 0 Å². The van der Waals surface area contributed by atoms with Crippen molar-refractivity contribution in [2.24, 2.45) is 35.1 Å². The molecule has 8 rings (SSSR count). The smallest absolute Gasteiger partial charge is 0.248 e.